The zero-order valence-corrected chi connectivity index (χ0v) is 15.6. The summed E-state index contributed by atoms with van der Waals surface area (Å²) >= 11 is 0. The zero-order valence-electron chi connectivity index (χ0n) is 13.2. The molecule has 3 heterocycles. The predicted molar refractivity (Wildman–Crippen MR) is 100 cm³/mol. The van der Waals surface area contributed by atoms with Gasteiger partial charge in [-0.25, -0.2) is 0 Å². The lowest BCUT2D eigenvalue weighted by atomic mass is 10.3. The van der Waals surface area contributed by atoms with Gasteiger partial charge in [-0.15, -0.1) is 34.2 Å². The SMILES string of the molecule is CCNC(=NCCc1nnc2ccccn12)N1CC[C@@H](O)C1.I. The largest absolute Gasteiger partial charge is 0.391 e. The van der Waals surface area contributed by atoms with Gasteiger partial charge in [-0.2, -0.15) is 0 Å². The van der Waals surface area contributed by atoms with Gasteiger partial charge in [-0.3, -0.25) is 9.39 Å². The molecule has 3 rings (SSSR count). The average Bonchev–Trinajstić information content (AvgIpc) is 3.13. The van der Waals surface area contributed by atoms with Crippen LogP contribution in [-0.2, 0) is 6.42 Å². The van der Waals surface area contributed by atoms with E-state index in [1.807, 2.05) is 35.7 Å². The van der Waals surface area contributed by atoms with Gasteiger partial charge in [0.05, 0.1) is 6.10 Å². The van der Waals surface area contributed by atoms with E-state index in [2.05, 4.69) is 25.4 Å². The molecule has 2 aromatic heterocycles. The van der Waals surface area contributed by atoms with Gasteiger partial charge in [0.15, 0.2) is 11.6 Å². The fourth-order valence-corrected chi connectivity index (χ4v) is 2.68. The van der Waals surface area contributed by atoms with Crippen LogP contribution in [0.2, 0.25) is 0 Å². The first-order chi connectivity index (χ1) is 10.8. The van der Waals surface area contributed by atoms with Crippen LogP contribution in [0.4, 0.5) is 0 Å². The van der Waals surface area contributed by atoms with E-state index in [0.717, 1.165) is 43.4 Å². The molecule has 23 heavy (non-hydrogen) atoms. The fraction of sp³-hybridized carbons (Fsp3) is 0.533. The highest BCUT2D eigenvalue weighted by atomic mass is 127. The summed E-state index contributed by atoms with van der Waals surface area (Å²) in [6.45, 7) is 5.01. The molecule has 2 aromatic rings. The summed E-state index contributed by atoms with van der Waals surface area (Å²) in [5.74, 6) is 1.78. The van der Waals surface area contributed by atoms with E-state index < -0.39 is 0 Å². The van der Waals surface area contributed by atoms with Crippen LogP contribution in [0, 0.1) is 0 Å². The molecule has 0 saturated carbocycles. The second-order valence-electron chi connectivity index (χ2n) is 5.42. The van der Waals surface area contributed by atoms with E-state index in [4.69, 9.17) is 0 Å². The molecule has 126 valence electrons. The van der Waals surface area contributed by atoms with Crippen molar-refractivity contribution in [3.63, 3.8) is 0 Å². The molecule has 0 aliphatic carbocycles. The Labute approximate surface area is 152 Å². The van der Waals surface area contributed by atoms with Crippen molar-refractivity contribution >= 4 is 35.6 Å². The number of β-amino-alcohol motifs (C(OH)–C–C–N with tert-alkyl or cyclic N) is 1. The number of aliphatic imine (C=N–C) groups is 1. The molecule has 8 heteroatoms. The number of hydrogen-bond acceptors (Lipinski definition) is 4. The highest BCUT2D eigenvalue weighted by molar-refractivity contribution is 14.0. The van der Waals surface area contributed by atoms with Crippen molar-refractivity contribution in [3.8, 4) is 0 Å². The number of fused-ring (bicyclic) bond motifs is 1. The van der Waals surface area contributed by atoms with Gasteiger partial charge in [0.2, 0.25) is 0 Å². The Bertz CT molecular complexity index is 658. The molecule has 1 aliphatic rings. The van der Waals surface area contributed by atoms with Crippen molar-refractivity contribution in [2.45, 2.75) is 25.9 Å². The van der Waals surface area contributed by atoms with Crippen LogP contribution in [0.3, 0.4) is 0 Å². The number of halogens is 1. The van der Waals surface area contributed by atoms with Crippen molar-refractivity contribution in [1.29, 1.82) is 0 Å². The summed E-state index contributed by atoms with van der Waals surface area (Å²) in [4.78, 5) is 6.76. The lowest BCUT2D eigenvalue weighted by Crippen LogP contribution is -2.40. The van der Waals surface area contributed by atoms with Gasteiger partial charge in [0.25, 0.3) is 0 Å². The first-order valence-electron chi connectivity index (χ1n) is 7.78. The minimum Gasteiger partial charge on any atom is -0.391 e. The number of pyridine rings is 1. The smallest absolute Gasteiger partial charge is 0.194 e. The maximum absolute atomic E-state index is 9.66. The summed E-state index contributed by atoms with van der Waals surface area (Å²) in [7, 11) is 0. The molecule has 1 fully saturated rings. The van der Waals surface area contributed by atoms with E-state index in [-0.39, 0.29) is 30.1 Å². The second-order valence-corrected chi connectivity index (χ2v) is 5.42. The van der Waals surface area contributed by atoms with Crippen LogP contribution < -0.4 is 5.32 Å². The molecule has 7 nitrogen and oxygen atoms in total. The van der Waals surface area contributed by atoms with Crippen molar-refractivity contribution in [1.82, 2.24) is 24.8 Å². The Kier molecular flexibility index (Phi) is 6.58. The zero-order chi connectivity index (χ0) is 15.4. The van der Waals surface area contributed by atoms with E-state index in [9.17, 15) is 5.11 Å². The van der Waals surface area contributed by atoms with Crippen molar-refractivity contribution in [3.05, 3.63) is 30.2 Å². The number of aromatic nitrogens is 3. The normalized spacial score (nSPS) is 18.3. The molecule has 0 bridgehead atoms. The monoisotopic (exact) mass is 430 g/mol. The number of likely N-dealkylation sites (tertiary alicyclic amines) is 1. The highest BCUT2D eigenvalue weighted by Gasteiger charge is 2.22. The second kappa shape index (κ2) is 8.44. The molecule has 0 spiro atoms. The molecule has 0 radical (unpaired) electrons. The Balaban J connectivity index is 0.00000192. The molecule has 2 N–H and O–H groups in total. The minimum absolute atomic E-state index is 0. The van der Waals surface area contributed by atoms with Crippen LogP contribution in [0.5, 0.6) is 0 Å². The Morgan fingerprint density at radius 1 is 1.43 bits per heavy atom. The molecule has 1 aliphatic heterocycles. The molecule has 1 atom stereocenters. The summed E-state index contributed by atoms with van der Waals surface area (Å²) in [6, 6.07) is 5.86. The van der Waals surface area contributed by atoms with Gasteiger partial charge in [-0.05, 0) is 25.5 Å². The van der Waals surface area contributed by atoms with Crippen molar-refractivity contribution in [2.75, 3.05) is 26.2 Å². The first-order valence-corrected chi connectivity index (χ1v) is 7.78. The Morgan fingerprint density at radius 2 is 2.30 bits per heavy atom. The third kappa shape index (κ3) is 4.31. The highest BCUT2D eigenvalue weighted by Crippen LogP contribution is 2.09. The third-order valence-electron chi connectivity index (χ3n) is 3.78. The molecule has 1 saturated heterocycles. The Morgan fingerprint density at radius 3 is 3.04 bits per heavy atom. The molecule has 0 aromatic carbocycles. The van der Waals surface area contributed by atoms with Crippen LogP contribution >= 0.6 is 24.0 Å². The number of rotatable bonds is 4. The van der Waals surface area contributed by atoms with E-state index in [1.54, 1.807) is 0 Å². The van der Waals surface area contributed by atoms with Gasteiger partial charge in [-0.1, -0.05) is 6.07 Å². The van der Waals surface area contributed by atoms with Crippen LogP contribution in [0.15, 0.2) is 29.4 Å². The summed E-state index contributed by atoms with van der Waals surface area (Å²) < 4.78 is 1.99. The number of nitrogens with one attached hydrogen (secondary N) is 1. The van der Waals surface area contributed by atoms with Gasteiger partial charge >= 0.3 is 0 Å². The van der Waals surface area contributed by atoms with Gasteiger partial charge in [0.1, 0.15) is 5.82 Å². The standard InChI is InChI=1S/C15H22N6O.HI/c1-2-16-15(20-10-7-12(22)11-20)17-8-6-14-19-18-13-5-3-4-9-21(13)14;/h3-5,9,12,22H,2,6-8,10-11H2,1H3,(H,16,17);1H/t12-;/m1./s1. The first kappa shape index (κ1) is 17.9. The van der Waals surface area contributed by atoms with Gasteiger partial charge in [0, 0.05) is 38.8 Å². The molecule has 0 amide bonds. The van der Waals surface area contributed by atoms with Crippen LogP contribution in [0.1, 0.15) is 19.2 Å². The van der Waals surface area contributed by atoms with E-state index >= 15 is 0 Å². The molecular weight excluding hydrogens is 407 g/mol. The van der Waals surface area contributed by atoms with E-state index in [1.165, 1.54) is 0 Å². The van der Waals surface area contributed by atoms with Crippen molar-refractivity contribution < 1.29 is 5.11 Å². The summed E-state index contributed by atoms with van der Waals surface area (Å²) in [6.07, 6.45) is 3.26. The lowest BCUT2D eigenvalue weighted by molar-refractivity contribution is 0.188. The fourth-order valence-electron chi connectivity index (χ4n) is 2.68. The minimum atomic E-state index is -0.246. The topological polar surface area (TPSA) is 78.0 Å². The van der Waals surface area contributed by atoms with Crippen LogP contribution in [0.25, 0.3) is 5.65 Å². The van der Waals surface area contributed by atoms with E-state index in [0.29, 0.717) is 13.1 Å². The third-order valence-corrected chi connectivity index (χ3v) is 3.78. The number of hydrogen-bond donors (Lipinski definition) is 2. The summed E-state index contributed by atoms with van der Waals surface area (Å²) in [5.41, 5.74) is 0.857. The van der Waals surface area contributed by atoms with Crippen LogP contribution in [-0.4, -0.2) is 62.8 Å². The Hall–Kier alpha value is -1.42. The van der Waals surface area contributed by atoms with Gasteiger partial charge < -0.3 is 15.3 Å². The average molecular weight is 430 g/mol. The maximum Gasteiger partial charge on any atom is 0.194 e. The number of nitrogens with zero attached hydrogens (tertiary/aromatic N) is 5. The predicted octanol–water partition coefficient (Wildman–Crippen LogP) is 0.922. The quantitative estimate of drug-likeness (QED) is 0.429. The number of aliphatic hydroxyl groups is 1. The molecule has 0 unspecified atom stereocenters. The number of guanidine groups is 1. The summed E-state index contributed by atoms with van der Waals surface area (Å²) in [5, 5.41) is 21.3. The maximum atomic E-state index is 9.66. The molecular formula is C15H23IN6O. The number of aliphatic hydroxyl groups excluding tert-OH is 1. The lowest BCUT2D eigenvalue weighted by Gasteiger charge is -2.20. The van der Waals surface area contributed by atoms with Crippen molar-refractivity contribution in [2.24, 2.45) is 4.99 Å².